The number of rotatable bonds is 4. The van der Waals surface area contributed by atoms with Gasteiger partial charge in [0.05, 0.1) is 25.7 Å². The summed E-state index contributed by atoms with van der Waals surface area (Å²) in [6.45, 7) is 4.37. The molecule has 1 atom stereocenters. The Balaban J connectivity index is 2.09. The van der Waals surface area contributed by atoms with E-state index in [0.717, 1.165) is 5.69 Å². The zero-order valence-electron chi connectivity index (χ0n) is 13.4. The third-order valence-electron chi connectivity index (χ3n) is 3.88. The fourth-order valence-corrected chi connectivity index (χ4v) is 2.33. The van der Waals surface area contributed by atoms with Crippen molar-refractivity contribution in [1.82, 2.24) is 4.90 Å². The van der Waals surface area contributed by atoms with E-state index in [0.29, 0.717) is 32.0 Å². The number of morpholine rings is 1. The summed E-state index contributed by atoms with van der Waals surface area (Å²) >= 11 is 0. The summed E-state index contributed by atoms with van der Waals surface area (Å²) in [5.41, 5.74) is 1.11. The Morgan fingerprint density at radius 3 is 2.83 bits per heavy atom. The molecule has 0 radical (unpaired) electrons. The predicted molar refractivity (Wildman–Crippen MR) is 85.9 cm³/mol. The van der Waals surface area contributed by atoms with Gasteiger partial charge >= 0.3 is 6.03 Å². The number of carbonyl (C=O) groups excluding carboxylic acids is 1. The maximum Gasteiger partial charge on any atom is 0.321 e. The molecule has 0 spiro atoms. The maximum atomic E-state index is 13.8. The molecule has 2 amide bonds. The van der Waals surface area contributed by atoms with Crippen molar-refractivity contribution in [2.45, 2.75) is 19.4 Å². The van der Waals surface area contributed by atoms with Crippen LogP contribution in [0.4, 0.5) is 20.6 Å². The number of urea groups is 1. The average Bonchev–Trinajstić information content (AvgIpc) is 2.54. The van der Waals surface area contributed by atoms with Crippen LogP contribution in [0.1, 0.15) is 13.3 Å². The minimum atomic E-state index is -0.406. The summed E-state index contributed by atoms with van der Waals surface area (Å²) in [4.78, 5) is 15.6. The van der Waals surface area contributed by atoms with Gasteiger partial charge in [-0.15, -0.1) is 0 Å². The molecule has 1 aliphatic rings. The molecule has 1 N–H and O–H groups in total. The summed E-state index contributed by atoms with van der Waals surface area (Å²) in [6.07, 6.45) is 0.242. The molecule has 1 aliphatic heterocycles. The van der Waals surface area contributed by atoms with E-state index >= 15 is 0 Å². The lowest BCUT2D eigenvalue weighted by molar-refractivity contribution is 0.122. The van der Waals surface area contributed by atoms with Crippen LogP contribution >= 0.6 is 0 Å². The van der Waals surface area contributed by atoms with Gasteiger partial charge in [0, 0.05) is 37.6 Å². The molecular formula is C16H21FN4O2. The van der Waals surface area contributed by atoms with Crippen LogP contribution in [0, 0.1) is 17.1 Å². The Morgan fingerprint density at radius 1 is 1.48 bits per heavy atom. The number of carbonyl (C=O) groups is 1. The van der Waals surface area contributed by atoms with E-state index in [-0.39, 0.29) is 18.5 Å². The van der Waals surface area contributed by atoms with E-state index in [1.807, 2.05) is 11.0 Å². The molecule has 2 rings (SSSR count). The highest BCUT2D eigenvalue weighted by atomic mass is 19.1. The van der Waals surface area contributed by atoms with Gasteiger partial charge in [-0.05, 0) is 25.1 Å². The normalized spacial score (nSPS) is 15.7. The molecule has 1 saturated heterocycles. The molecule has 7 heteroatoms. The minimum Gasteiger partial charge on any atom is -0.378 e. The van der Waals surface area contributed by atoms with Crippen molar-refractivity contribution in [2.75, 3.05) is 43.6 Å². The molecule has 6 nitrogen and oxygen atoms in total. The van der Waals surface area contributed by atoms with Crippen LogP contribution in [0.2, 0.25) is 0 Å². The summed E-state index contributed by atoms with van der Waals surface area (Å²) in [5, 5.41) is 11.4. The molecule has 1 aromatic carbocycles. The van der Waals surface area contributed by atoms with E-state index in [2.05, 4.69) is 5.32 Å². The molecule has 1 fully saturated rings. The quantitative estimate of drug-likeness (QED) is 0.925. The van der Waals surface area contributed by atoms with E-state index in [1.54, 1.807) is 20.0 Å². The van der Waals surface area contributed by atoms with Gasteiger partial charge in [-0.25, -0.2) is 9.18 Å². The number of anilines is 2. The number of nitrogens with one attached hydrogen (secondary N) is 1. The van der Waals surface area contributed by atoms with E-state index < -0.39 is 5.82 Å². The summed E-state index contributed by atoms with van der Waals surface area (Å²) in [6, 6.07) is 5.92. The number of amides is 2. The van der Waals surface area contributed by atoms with E-state index in [1.165, 1.54) is 17.0 Å². The van der Waals surface area contributed by atoms with Gasteiger partial charge in [0.1, 0.15) is 5.82 Å². The van der Waals surface area contributed by atoms with Gasteiger partial charge in [-0.3, -0.25) is 0 Å². The zero-order chi connectivity index (χ0) is 16.8. The van der Waals surface area contributed by atoms with Crippen molar-refractivity contribution in [3.8, 4) is 6.07 Å². The lowest BCUT2D eigenvalue weighted by Gasteiger charge is -2.29. The van der Waals surface area contributed by atoms with Crippen LogP contribution in [-0.4, -0.2) is 50.3 Å². The monoisotopic (exact) mass is 320 g/mol. The second-order valence-corrected chi connectivity index (χ2v) is 5.55. The lowest BCUT2D eigenvalue weighted by atomic mass is 10.2. The first-order valence-corrected chi connectivity index (χ1v) is 7.55. The standard InChI is InChI=1S/C16H21FN4O2/c1-12(3-4-18)20(2)16(22)19-14-9-13(17)10-15(11-14)21-5-7-23-8-6-21/h9-12H,3,5-8H2,1-2H3,(H,19,22). The van der Waals surface area contributed by atoms with Crippen molar-refractivity contribution in [3.05, 3.63) is 24.0 Å². The molecule has 0 bridgehead atoms. The van der Waals surface area contributed by atoms with Crippen molar-refractivity contribution >= 4 is 17.4 Å². The van der Waals surface area contributed by atoms with Crippen LogP contribution in [-0.2, 0) is 4.74 Å². The fourth-order valence-electron chi connectivity index (χ4n) is 2.33. The van der Waals surface area contributed by atoms with E-state index in [4.69, 9.17) is 10.00 Å². The van der Waals surface area contributed by atoms with Crippen LogP contribution in [0.5, 0.6) is 0 Å². The Kier molecular flexibility index (Phi) is 5.77. The first kappa shape index (κ1) is 17.0. The highest BCUT2D eigenvalue weighted by molar-refractivity contribution is 5.90. The third-order valence-corrected chi connectivity index (χ3v) is 3.88. The van der Waals surface area contributed by atoms with Crippen LogP contribution < -0.4 is 10.2 Å². The summed E-state index contributed by atoms with van der Waals surface area (Å²) in [7, 11) is 1.61. The zero-order valence-corrected chi connectivity index (χ0v) is 13.4. The fraction of sp³-hybridized carbons (Fsp3) is 0.500. The number of benzene rings is 1. The molecule has 1 unspecified atom stereocenters. The third kappa shape index (κ3) is 4.57. The number of hydrogen-bond acceptors (Lipinski definition) is 4. The number of nitriles is 1. The minimum absolute atomic E-state index is 0.215. The highest BCUT2D eigenvalue weighted by Gasteiger charge is 2.17. The first-order valence-electron chi connectivity index (χ1n) is 7.55. The maximum absolute atomic E-state index is 13.8. The second-order valence-electron chi connectivity index (χ2n) is 5.55. The number of hydrogen-bond donors (Lipinski definition) is 1. The SMILES string of the molecule is CC(CC#N)N(C)C(=O)Nc1cc(F)cc(N2CCOCC2)c1. The topological polar surface area (TPSA) is 68.6 Å². The van der Waals surface area contributed by atoms with E-state index in [9.17, 15) is 9.18 Å². The van der Waals surface area contributed by atoms with Gasteiger partial charge in [0.25, 0.3) is 0 Å². The number of nitrogens with zero attached hydrogens (tertiary/aromatic N) is 3. The molecule has 0 aromatic heterocycles. The lowest BCUT2D eigenvalue weighted by Crippen LogP contribution is -2.38. The second kappa shape index (κ2) is 7.79. The Labute approximate surface area is 135 Å². The van der Waals surface area contributed by atoms with Crippen LogP contribution in [0.25, 0.3) is 0 Å². The van der Waals surface area contributed by atoms with Crippen molar-refractivity contribution in [1.29, 1.82) is 5.26 Å². The molecule has 1 aromatic rings. The van der Waals surface area contributed by atoms with Gasteiger partial charge in [0.2, 0.25) is 0 Å². The molecule has 1 heterocycles. The first-order chi connectivity index (χ1) is 11.0. The largest absolute Gasteiger partial charge is 0.378 e. The van der Waals surface area contributed by atoms with Crippen LogP contribution in [0.3, 0.4) is 0 Å². The Bertz CT molecular complexity index is 596. The Hall–Kier alpha value is -2.33. The molecule has 0 aliphatic carbocycles. The number of halogens is 1. The Morgan fingerprint density at radius 2 is 2.17 bits per heavy atom. The van der Waals surface area contributed by atoms with Gasteiger partial charge in [0.15, 0.2) is 0 Å². The van der Waals surface area contributed by atoms with Crippen LogP contribution in [0.15, 0.2) is 18.2 Å². The van der Waals surface area contributed by atoms with Crippen molar-refractivity contribution < 1.29 is 13.9 Å². The van der Waals surface area contributed by atoms with Gasteiger partial charge < -0.3 is 19.9 Å². The molecular weight excluding hydrogens is 299 g/mol. The highest BCUT2D eigenvalue weighted by Crippen LogP contribution is 2.23. The molecule has 0 saturated carbocycles. The van der Waals surface area contributed by atoms with Crippen molar-refractivity contribution in [2.24, 2.45) is 0 Å². The van der Waals surface area contributed by atoms with Gasteiger partial charge in [-0.1, -0.05) is 0 Å². The molecule has 23 heavy (non-hydrogen) atoms. The molecule has 124 valence electrons. The summed E-state index contributed by atoms with van der Waals surface area (Å²) in [5.74, 6) is -0.406. The van der Waals surface area contributed by atoms with Gasteiger partial charge in [-0.2, -0.15) is 5.26 Å². The smallest absolute Gasteiger partial charge is 0.321 e. The summed E-state index contributed by atoms with van der Waals surface area (Å²) < 4.78 is 19.1. The predicted octanol–water partition coefficient (Wildman–Crippen LogP) is 2.43. The van der Waals surface area contributed by atoms with Crippen molar-refractivity contribution in [3.63, 3.8) is 0 Å². The number of ether oxygens (including phenoxy) is 1. The average molecular weight is 320 g/mol.